The van der Waals surface area contributed by atoms with Gasteiger partial charge in [-0.05, 0) is 13.8 Å². The van der Waals surface area contributed by atoms with E-state index < -0.39 is 15.9 Å². The topological polar surface area (TPSA) is 121 Å². The van der Waals surface area contributed by atoms with Crippen LogP contribution >= 0.6 is 0 Å². The summed E-state index contributed by atoms with van der Waals surface area (Å²) in [5, 5.41) is 13.1. The van der Waals surface area contributed by atoms with Crippen LogP contribution in [-0.4, -0.2) is 76.0 Å². The molecule has 0 bridgehead atoms. The first-order valence-corrected chi connectivity index (χ1v) is 9.24. The van der Waals surface area contributed by atoms with Gasteiger partial charge in [-0.15, -0.1) is 0 Å². The minimum absolute atomic E-state index is 0.176. The Morgan fingerprint density at radius 2 is 2.04 bits per heavy atom. The fourth-order valence-electron chi connectivity index (χ4n) is 2.73. The first-order chi connectivity index (χ1) is 11.2. The number of fused-ring (bicyclic) bond motifs is 1. The Morgan fingerprint density at radius 1 is 1.33 bits per heavy atom. The van der Waals surface area contributed by atoms with Gasteiger partial charge in [-0.3, -0.25) is 0 Å². The van der Waals surface area contributed by atoms with Crippen LogP contribution in [0.15, 0.2) is 11.4 Å². The van der Waals surface area contributed by atoms with Gasteiger partial charge in [0.25, 0.3) is 5.16 Å². The molecule has 11 heteroatoms. The molecule has 10 nitrogen and oxygen atoms in total. The molecule has 1 aliphatic rings. The van der Waals surface area contributed by atoms with Gasteiger partial charge in [0, 0.05) is 37.5 Å². The smallest absolute Gasteiger partial charge is 0.407 e. The number of aryl methyl sites for hydroxylation is 1. The molecular formula is C13H18N6O4S. The molecule has 2 aromatic rings. The van der Waals surface area contributed by atoms with Crippen molar-refractivity contribution in [1.82, 2.24) is 24.5 Å². The molecule has 2 aromatic heterocycles. The molecule has 1 amide bonds. The van der Waals surface area contributed by atoms with Crippen molar-refractivity contribution >= 4 is 27.5 Å². The van der Waals surface area contributed by atoms with Gasteiger partial charge in [-0.1, -0.05) is 0 Å². The number of rotatable bonds is 2. The molecule has 1 atom stereocenters. The van der Waals surface area contributed by atoms with Gasteiger partial charge >= 0.3 is 6.09 Å². The lowest BCUT2D eigenvalue weighted by molar-refractivity contribution is 0.136. The van der Waals surface area contributed by atoms with E-state index in [4.69, 9.17) is 5.11 Å². The van der Waals surface area contributed by atoms with Crippen LogP contribution < -0.4 is 4.90 Å². The van der Waals surface area contributed by atoms with Crippen LogP contribution in [0.4, 0.5) is 10.7 Å². The summed E-state index contributed by atoms with van der Waals surface area (Å²) in [5.41, 5.74) is 1.16. The van der Waals surface area contributed by atoms with Crippen LogP contribution in [0.25, 0.3) is 5.65 Å². The van der Waals surface area contributed by atoms with Crippen molar-refractivity contribution in [1.29, 1.82) is 0 Å². The molecule has 0 aliphatic carbocycles. The summed E-state index contributed by atoms with van der Waals surface area (Å²) in [7, 11) is -3.59. The van der Waals surface area contributed by atoms with Crippen molar-refractivity contribution in [3.05, 3.63) is 11.8 Å². The van der Waals surface area contributed by atoms with Crippen LogP contribution in [0, 0.1) is 6.92 Å². The molecule has 1 aliphatic heterocycles. The largest absolute Gasteiger partial charge is 0.465 e. The number of hydrogen-bond acceptors (Lipinski definition) is 7. The van der Waals surface area contributed by atoms with E-state index in [0.29, 0.717) is 31.2 Å². The molecule has 1 fully saturated rings. The standard InChI is InChI=1S/C13H18N6O4S/c1-8-6-14-19-10(8)15-11(24(3,22)23)16-12(19)18-5-4-17(13(20)21)7-9(18)2/h6,9H,4-5,7H2,1-3H3,(H,20,21)/t9-/m0/s1. The molecular weight excluding hydrogens is 336 g/mol. The average molecular weight is 354 g/mol. The molecule has 0 aromatic carbocycles. The fourth-order valence-corrected chi connectivity index (χ4v) is 3.23. The van der Waals surface area contributed by atoms with Crippen LogP contribution in [0.3, 0.4) is 0 Å². The lowest BCUT2D eigenvalue weighted by Gasteiger charge is -2.39. The number of carbonyl (C=O) groups is 1. The molecule has 0 saturated carbocycles. The minimum atomic E-state index is -3.59. The Labute approximate surface area is 138 Å². The molecule has 3 rings (SSSR count). The predicted molar refractivity (Wildman–Crippen MR) is 85.0 cm³/mol. The second-order valence-corrected chi connectivity index (χ2v) is 7.82. The summed E-state index contributed by atoms with van der Waals surface area (Å²) < 4.78 is 25.3. The third kappa shape index (κ3) is 2.75. The van der Waals surface area contributed by atoms with Crippen LogP contribution in [-0.2, 0) is 9.84 Å². The number of sulfone groups is 1. The number of piperazine rings is 1. The van der Waals surface area contributed by atoms with Crippen molar-refractivity contribution in [3.8, 4) is 0 Å². The molecule has 0 spiro atoms. The summed E-state index contributed by atoms with van der Waals surface area (Å²) in [4.78, 5) is 22.6. The van der Waals surface area contributed by atoms with Gasteiger partial charge in [0.15, 0.2) is 5.65 Å². The van der Waals surface area contributed by atoms with Crippen molar-refractivity contribution in [2.45, 2.75) is 25.0 Å². The SMILES string of the molecule is Cc1cnn2c(N3CCN(C(=O)O)C[C@@H]3C)nc(S(C)(=O)=O)nc12. The number of aromatic nitrogens is 4. The van der Waals surface area contributed by atoms with Crippen molar-refractivity contribution < 1.29 is 18.3 Å². The highest BCUT2D eigenvalue weighted by atomic mass is 32.2. The van der Waals surface area contributed by atoms with Crippen LogP contribution in [0.2, 0.25) is 0 Å². The van der Waals surface area contributed by atoms with Crippen molar-refractivity contribution in [2.75, 3.05) is 30.8 Å². The monoisotopic (exact) mass is 354 g/mol. The molecule has 130 valence electrons. The summed E-state index contributed by atoms with van der Waals surface area (Å²) >= 11 is 0. The van der Waals surface area contributed by atoms with Gasteiger partial charge in [0.1, 0.15) is 0 Å². The number of nitrogens with zero attached hydrogens (tertiary/aromatic N) is 6. The molecule has 24 heavy (non-hydrogen) atoms. The van der Waals surface area contributed by atoms with Gasteiger partial charge in [-0.25, -0.2) is 13.2 Å². The maximum absolute atomic E-state index is 11.9. The van der Waals surface area contributed by atoms with E-state index in [0.717, 1.165) is 11.8 Å². The summed E-state index contributed by atoms with van der Waals surface area (Å²) in [6, 6.07) is -0.176. The zero-order chi connectivity index (χ0) is 17.6. The Hall–Kier alpha value is -2.43. The van der Waals surface area contributed by atoms with E-state index in [-0.39, 0.29) is 11.2 Å². The third-order valence-electron chi connectivity index (χ3n) is 3.99. The highest BCUT2D eigenvalue weighted by Crippen LogP contribution is 2.22. The quantitative estimate of drug-likeness (QED) is 0.801. The second-order valence-electron chi connectivity index (χ2n) is 5.91. The van der Waals surface area contributed by atoms with Crippen molar-refractivity contribution in [3.63, 3.8) is 0 Å². The third-order valence-corrected chi connectivity index (χ3v) is 4.84. The lowest BCUT2D eigenvalue weighted by Crippen LogP contribution is -2.54. The van der Waals surface area contributed by atoms with Crippen molar-refractivity contribution in [2.24, 2.45) is 0 Å². The second kappa shape index (κ2) is 5.58. The van der Waals surface area contributed by atoms with E-state index in [1.54, 1.807) is 13.1 Å². The maximum atomic E-state index is 11.9. The highest BCUT2D eigenvalue weighted by Gasteiger charge is 2.30. The highest BCUT2D eigenvalue weighted by molar-refractivity contribution is 7.90. The first-order valence-electron chi connectivity index (χ1n) is 7.35. The van der Waals surface area contributed by atoms with Crippen LogP contribution in [0.5, 0.6) is 0 Å². The molecule has 0 unspecified atom stereocenters. The molecule has 3 heterocycles. The maximum Gasteiger partial charge on any atom is 0.407 e. The Bertz CT molecular complexity index is 909. The normalized spacial score (nSPS) is 19.0. The van der Waals surface area contributed by atoms with E-state index in [1.807, 2.05) is 11.8 Å². The Morgan fingerprint density at radius 3 is 2.62 bits per heavy atom. The summed E-state index contributed by atoms with van der Waals surface area (Å²) in [6.45, 7) is 4.65. The van der Waals surface area contributed by atoms with Gasteiger partial charge < -0.3 is 14.9 Å². The molecule has 0 radical (unpaired) electrons. The van der Waals surface area contributed by atoms with Gasteiger partial charge in [0.05, 0.1) is 6.20 Å². The number of amides is 1. The van der Waals surface area contributed by atoms with E-state index in [9.17, 15) is 13.2 Å². The molecule has 1 saturated heterocycles. The van der Waals surface area contributed by atoms with Gasteiger partial charge in [0.2, 0.25) is 15.8 Å². The lowest BCUT2D eigenvalue weighted by atomic mass is 10.2. The minimum Gasteiger partial charge on any atom is -0.465 e. The Balaban J connectivity index is 2.10. The van der Waals surface area contributed by atoms with Crippen LogP contribution in [0.1, 0.15) is 12.5 Å². The summed E-state index contributed by atoms with van der Waals surface area (Å²) in [6.07, 6.45) is 1.68. The fraction of sp³-hybridized carbons (Fsp3) is 0.538. The number of hydrogen-bond donors (Lipinski definition) is 1. The predicted octanol–water partition coefficient (Wildman–Crippen LogP) is 0.0247. The number of anilines is 1. The van der Waals surface area contributed by atoms with E-state index >= 15 is 0 Å². The average Bonchev–Trinajstić information content (AvgIpc) is 2.87. The molecule has 1 N–H and O–H groups in total. The zero-order valence-corrected chi connectivity index (χ0v) is 14.4. The summed E-state index contributed by atoms with van der Waals surface area (Å²) in [5.74, 6) is 0.353. The zero-order valence-electron chi connectivity index (χ0n) is 13.5. The van der Waals surface area contributed by atoms with Gasteiger partial charge in [-0.2, -0.15) is 19.6 Å². The number of carboxylic acid groups (broad SMARTS) is 1. The van der Waals surface area contributed by atoms with E-state index in [1.165, 1.54) is 9.42 Å². The first kappa shape index (κ1) is 16.4. The Kier molecular flexibility index (Phi) is 3.82. The van der Waals surface area contributed by atoms with E-state index in [2.05, 4.69) is 15.1 Å².